The fourth-order valence-corrected chi connectivity index (χ4v) is 5.09. The van der Waals surface area contributed by atoms with Gasteiger partial charge < -0.3 is 4.90 Å². The number of nitrogens with zero attached hydrogens (tertiary/aromatic N) is 3. The molecule has 0 spiro atoms. The molecule has 3 rings (SSSR count). The first-order valence-corrected chi connectivity index (χ1v) is 10.5. The number of benzene rings is 2. The largest absolute Gasteiger partial charge is 0.416 e. The molecule has 1 atom stereocenters. The Morgan fingerprint density at radius 1 is 1.10 bits per heavy atom. The smallest absolute Gasteiger partial charge is 0.363 e. The van der Waals surface area contributed by atoms with Gasteiger partial charge in [-0.2, -0.15) is 17.5 Å². The Hall–Kier alpha value is -2.66. The Morgan fingerprint density at radius 2 is 1.73 bits per heavy atom. The lowest BCUT2D eigenvalue weighted by Gasteiger charge is -2.39. The Balaban J connectivity index is 1.86. The second-order valence-electron chi connectivity index (χ2n) is 7.18. The summed E-state index contributed by atoms with van der Waals surface area (Å²) in [4.78, 5) is 12.2. The predicted molar refractivity (Wildman–Crippen MR) is 105 cm³/mol. The summed E-state index contributed by atoms with van der Waals surface area (Å²) < 4.78 is 66.0. The van der Waals surface area contributed by atoms with Crippen molar-refractivity contribution in [2.75, 3.05) is 24.5 Å². The SMILES string of the molecule is Cc1ccc(S(=O)(=O)N2CCN(c3ccc(C(F)(F)F)cc3[N+](=O)[O-])C[C@@H]2C)cc1. The van der Waals surface area contributed by atoms with E-state index >= 15 is 0 Å². The normalized spacial score (nSPS) is 18.4. The molecule has 0 saturated carbocycles. The third-order valence-corrected chi connectivity index (χ3v) is 7.06. The standard InChI is InChI=1S/C19H20F3N3O4S/c1-13-3-6-16(7-4-13)30(28,29)24-10-9-23(12-14(24)2)17-8-5-15(19(20,21)22)11-18(17)25(26)27/h3-8,11,14H,9-10,12H2,1-2H3/t14-/m0/s1. The summed E-state index contributed by atoms with van der Waals surface area (Å²) in [5, 5.41) is 11.4. The van der Waals surface area contributed by atoms with Gasteiger partial charge in [0.25, 0.3) is 5.69 Å². The number of piperazine rings is 1. The van der Waals surface area contributed by atoms with Crippen molar-refractivity contribution < 1.29 is 26.5 Å². The molecule has 0 radical (unpaired) electrons. The first-order chi connectivity index (χ1) is 13.9. The van der Waals surface area contributed by atoms with E-state index in [2.05, 4.69) is 0 Å². The molecule has 1 fully saturated rings. The number of rotatable bonds is 4. The molecule has 0 aliphatic carbocycles. The Bertz CT molecular complexity index is 1060. The third-order valence-electron chi connectivity index (χ3n) is 5.03. The molecule has 0 unspecified atom stereocenters. The molecule has 1 aliphatic rings. The molecule has 0 aromatic heterocycles. The van der Waals surface area contributed by atoms with Crippen molar-refractivity contribution in [2.45, 2.75) is 31.0 Å². The van der Waals surface area contributed by atoms with E-state index in [0.717, 1.165) is 17.7 Å². The maximum absolute atomic E-state index is 13.0. The predicted octanol–water partition coefficient (Wildman–Crippen LogP) is 3.82. The number of hydrogen-bond donors (Lipinski definition) is 0. The minimum Gasteiger partial charge on any atom is -0.363 e. The molecule has 30 heavy (non-hydrogen) atoms. The zero-order chi connectivity index (χ0) is 22.3. The highest BCUT2D eigenvalue weighted by Gasteiger charge is 2.37. The maximum Gasteiger partial charge on any atom is 0.416 e. The van der Waals surface area contributed by atoms with Crippen LogP contribution in [0.3, 0.4) is 0 Å². The van der Waals surface area contributed by atoms with Gasteiger partial charge in [0.1, 0.15) is 5.69 Å². The van der Waals surface area contributed by atoms with E-state index in [1.165, 1.54) is 16.4 Å². The fraction of sp³-hybridized carbons (Fsp3) is 0.368. The molecule has 1 saturated heterocycles. The Morgan fingerprint density at radius 3 is 2.27 bits per heavy atom. The van der Waals surface area contributed by atoms with Crippen LogP contribution < -0.4 is 4.90 Å². The highest BCUT2D eigenvalue weighted by Crippen LogP contribution is 2.37. The van der Waals surface area contributed by atoms with Crippen LogP contribution in [-0.4, -0.2) is 43.3 Å². The summed E-state index contributed by atoms with van der Waals surface area (Å²) in [6.45, 7) is 3.77. The van der Waals surface area contributed by atoms with E-state index in [1.54, 1.807) is 24.0 Å². The summed E-state index contributed by atoms with van der Waals surface area (Å²) >= 11 is 0. The summed E-state index contributed by atoms with van der Waals surface area (Å²) in [5.41, 5.74) is -0.813. The highest BCUT2D eigenvalue weighted by atomic mass is 32.2. The lowest BCUT2D eigenvalue weighted by molar-refractivity contribution is -0.384. The van der Waals surface area contributed by atoms with Crippen molar-refractivity contribution in [1.29, 1.82) is 0 Å². The Labute approximate surface area is 171 Å². The number of alkyl halides is 3. The van der Waals surface area contributed by atoms with E-state index < -0.39 is 38.4 Å². The second-order valence-corrected chi connectivity index (χ2v) is 9.07. The second kappa shape index (κ2) is 7.88. The van der Waals surface area contributed by atoms with E-state index in [4.69, 9.17) is 0 Å². The van der Waals surface area contributed by atoms with Crippen LogP contribution in [-0.2, 0) is 16.2 Å². The first-order valence-electron chi connectivity index (χ1n) is 9.10. The molecule has 2 aromatic rings. The van der Waals surface area contributed by atoms with Crippen LogP contribution in [0, 0.1) is 17.0 Å². The summed E-state index contributed by atoms with van der Waals surface area (Å²) in [6.07, 6.45) is -4.70. The molecule has 0 N–H and O–H groups in total. The van der Waals surface area contributed by atoms with Crippen molar-refractivity contribution in [2.24, 2.45) is 0 Å². The van der Waals surface area contributed by atoms with Crippen molar-refractivity contribution in [3.8, 4) is 0 Å². The van der Waals surface area contributed by atoms with Crippen molar-refractivity contribution >= 4 is 21.4 Å². The molecule has 162 valence electrons. The molecule has 7 nitrogen and oxygen atoms in total. The van der Waals surface area contributed by atoms with Gasteiger partial charge in [-0.05, 0) is 38.1 Å². The van der Waals surface area contributed by atoms with Crippen molar-refractivity contribution in [3.05, 3.63) is 63.7 Å². The van der Waals surface area contributed by atoms with Gasteiger partial charge in [-0.15, -0.1) is 0 Å². The lowest BCUT2D eigenvalue weighted by atomic mass is 10.1. The Kier molecular flexibility index (Phi) is 5.79. The topological polar surface area (TPSA) is 83.8 Å². The maximum atomic E-state index is 13.0. The van der Waals surface area contributed by atoms with Gasteiger partial charge in [0.2, 0.25) is 10.0 Å². The molecular formula is C19H20F3N3O4S. The van der Waals surface area contributed by atoms with E-state index in [-0.39, 0.29) is 30.2 Å². The number of nitro groups is 1. The average molecular weight is 443 g/mol. The summed E-state index contributed by atoms with van der Waals surface area (Å²) in [7, 11) is -3.76. The van der Waals surface area contributed by atoms with Crippen LogP contribution in [0.25, 0.3) is 0 Å². The minimum atomic E-state index is -4.70. The number of sulfonamides is 1. The van der Waals surface area contributed by atoms with Crippen LogP contribution in [0.5, 0.6) is 0 Å². The molecule has 1 aliphatic heterocycles. The van der Waals surface area contributed by atoms with Gasteiger partial charge in [0.15, 0.2) is 0 Å². The summed E-state index contributed by atoms with van der Waals surface area (Å²) in [5.74, 6) is 0. The molecule has 11 heteroatoms. The third kappa shape index (κ3) is 4.26. The average Bonchev–Trinajstić information content (AvgIpc) is 2.66. The van der Waals surface area contributed by atoms with E-state index in [1.807, 2.05) is 6.92 Å². The number of nitro benzene ring substituents is 1. The lowest BCUT2D eigenvalue weighted by Crippen LogP contribution is -2.54. The molecule has 1 heterocycles. The van der Waals surface area contributed by atoms with Crippen LogP contribution in [0.15, 0.2) is 47.4 Å². The van der Waals surface area contributed by atoms with Gasteiger partial charge in [-0.1, -0.05) is 17.7 Å². The molecule has 2 aromatic carbocycles. The first kappa shape index (κ1) is 22.0. The van der Waals surface area contributed by atoms with Gasteiger partial charge in [0, 0.05) is 31.7 Å². The monoisotopic (exact) mass is 443 g/mol. The van der Waals surface area contributed by atoms with Crippen LogP contribution in [0.2, 0.25) is 0 Å². The number of halogens is 3. The van der Waals surface area contributed by atoms with Gasteiger partial charge in [-0.25, -0.2) is 8.42 Å². The molecule has 0 bridgehead atoms. The minimum absolute atomic E-state index is 0.0345. The van der Waals surface area contributed by atoms with Gasteiger partial charge in [-0.3, -0.25) is 10.1 Å². The van der Waals surface area contributed by atoms with E-state index in [9.17, 15) is 31.7 Å². The van der Waals surface area contributed by atoms with Gasteiger partial charge >= 0.3 is 6.18 Å². The molecule has 0 amide bonds. The number of hydrogen-bond acceptors (Lipinski definition) is 5. The zero-order valence-electron chi connectivity index (χ0n) is 16.3. The number of anilines is 1. The molecular weight excluding hydrogens is 423 g/mol. The fourth-order valence-electron chi connectivity index (χ4n) is 3.48. The van der Waals surface area contributed by atoms with Gasteiger partial charge in [0.05, 0.1) is 15.4 Å². The van der Waals surface area contributed by atoms with E-state index in [0.29, 0.717) is 6.07 Å². The highest BCUT2D eigenvalue weighted by molar-refractivity contribution is 7.89. The van der Waals surface area contributed by atoms with Crippen LogP contribution in [0.1, 0.15) is 18.1 Å². The zero-order valence-corrected chi connectivity index (χ0v) is 17.1. The van der Waals surface area contributed by atoms with Crippen molar-refractivity contribution in [3.63, 3.8) is 0 Å². The summed E-state index contributed by atoms with van der Waals surface area (Å²) in [6, 6.07) is 8.26. The quantitative estimate of drug-likeness (QED) is 0.530. The van der Waals surface area contributed by atoms with Crippen LogP contribution in [0.4, 0.5) is 24.5 Å². The number of aryl methyl sites for hydroxylation is 1. The van der Waals surface area contributed by atoms with Crippen molar-refractivity contribution in [1.82, 2.24) is 4.31 Å². The van der Waals surface area contributed by atoms with Crippen LogP contribution >= 0.6 is 0 Å².